The van der Waals surface area contributed by atoms with Crippen LogP contribution < -0.4 is 16.0 Å². The topological polar surface area (TPSA) is 128 Å². The van der Waals surface area contributed by atoms with Crippen LogP contribution in [0, 0.1) is 5.92 Å². The molecule has 2 aliphatic heterocycles. The molecule has 0 aromatic heterocycles. The van der Waals surface area contributed by atoms with Crippen LogP contribution in [0.15, 0.2) is 0 Å². The highest BCUT2D eigenvalue weighted by atomic mass is 16.4. The number of likely N-dealkylation sites (tertiary alicyclic amines) is 1. The molecule has 2 saturated heterocycles. The fourth-order valence-corrected chi connectivity index (χ4v) is 3.59. The molecule has 0 aromatic carbocycles. The molecule has 0 bridgehead atoms. The second-order valence-electron chi connectivity index (χ2n) is 7.64. The Morgan fingerprint density at radius 3 is 2.48 bits per heavy atom. The second kappa shape index (κ2) is 9.68. The average molecular weight is 382 g/mol. The highest BCUT2D eigenvalue weighted by molar-refractivity contribution is 5.93. The molecule has 9 heteroatoms. The molecule has 2 fully saturated rings. The van der Waals surface area contributed by atoms with Crippen LogP contribution >= 0.6 is 0 Å². The summed E-state index contributed by atoms with van der Waals surface area (Å²) >= 11 is 0. The van der Waals surface area contributed by atoms with Gasteiger partial charge in [0, 0.05) is 6.54 Å². The number of rotatable bonds is 8. The molecule has 9 nitrogen and oxygen atoms in total. The Bertz CT molecular complexity index is 574. The molecule has 27 heavy (non-hydrogen) atoms. The fraction of sp³-hybridized carbons (Fsp3) is 0.778. The zero-order valence-electron chi connectivity index (χ0n) is 16.0. The summed E-state index contributed by atoms with van der Waals surface area (Å²) in [6.07, 6.45) is 3.17. The predicted octanol–water partition coefficient (Wildman–Crippen LogP) is -0.539. The second-order valence-corrected chi connectivity index (χ2v) is 7.64. The zero-order chi connectivity index (χ0) is 20.0. The van der Waals surface area contributed by atoms with Gasteiger partial charge in [0.25, 0.3) is 0 Å². The summed E-state index contributed by atoms with van der Waals surface area (Å²) in [5.74, 6) is -1.94. The average Bonchev–Trinajstić information content (AvgIpc) is 3.29. The van der Waals surface area contributed by atoms with Gasteiger partial charge in [-0.15, -0.1) is 0 Å². The van der Waals surface area contributed by atoms with Gasteiger partial charge in [0.2, 0.25) is 17.7 Å². The quantitative estimate of drug-likeness (QED) is 0.446. The van der Waals surface area contributed by atoms with E-state index in [2.05, 4.69) is 16.0 Å². The Morgan fingerprint density at radius 1 is 1.15 bits per heavy atom. The first kappa shape index (κ1) is 21.1. The number of carbonyl (C=O) groups excluding carboxylic acids is 3. The van der Waals surface area contributed by atoms with Crippen LogP contribution in [0.5, 0.6) is 0 Å². The Labute approximate surface area is 159 Å². The predicted molar refractivity (Wildman–Crippen MR) is 97.8 cm³/mol. The zero-order valence-corrected chi connectivity index (χ0v) is 16.0. The van der Waals surface area contributed by atoms with Crippen molar-refractivity contribution in [1.29, 1.82) is 0 Å². The Balaban J connectivity index is 1.88. The van der Waals surface area contributed by atoms with Crippen LogP contribution in [-0.4, -0.2) is 71.5 Å². The molecule has 4 N–H and O–H groups in total. The lowest BCUT2D eigenvalue weighted by Gasteiger charge is -2.26. The SMILES string of the molecule is CC(C)CC(NC(=O)C1CCCN1C(=O)CNC(=O)C1CCCN1)C(=O)O. The summed E-state index contributed by atoms with van der Waals surface area (Å²) in [7, 11) is 0. The molecular formula is C18H30N4O5. The van der Waals surface area contributed by atoms with E-state index in [1.807, 2.05) is 13.8 Å². The van der Waals surface area contributed by atoms with Crippen molar-refractivity contribution in [3.63, 3.8) is 0 Å². The van der Waals surface area contributed by atoms with E-state index in [1.54, 1.807) is 0 Å². The van der Waals surface area contributed by atoms with Crippen molar-refractivity contribution in [3.8, 4) is 0 Å². The van der Waals surface area contributed by atoms with Crippen LogP contribution in [0.3, 0.4) is 0 Å². The lowest BCUT2D eigenvalue weighted by atomic mass is 10.0. The van der Waals surface area contributed by atoms with E-state index in [-0.39, 0.29) is 30.3 Å². The Kier molecular flexibility index (Phi) is 7.58. The van der Waals surface area contributed by atoms with E-state index in [0.29, 0.717) is 25.8 Å². The van der Waals surface area contributed by atoms with Crippen LogP contribution in [-0.2, 0) is 19.2 Å². The highest BCUT2D eigenvalue weighted by Gasteiger charge is 2.36. The molecule has 0 aliphatic carbocycles. The number of nitrogens with one attached hydrogen (secondary N) is 3. The molecule has 2 heterocycles. The van der Waals surface area contributed by atoms with Crippen molar-refractivity contribution < 1.29 is 24.3 Å². The number of hydrogen-bond acceptors (Lipinski definition) is 5. The molecule has 0 spiro atoms. The highest BCUT2D eigenvalue weighted by Crippen LogP contribution is 2.18. The molecule has 2 rings (SSSR count). The molecule has 3 amide bonds. The normalized spacial score (nSPS) is 23.3. The maximum Gasteiger partial charge on any atom is 0.326 e. The van der Waals surface area contributed by atoms with Crippen LogP contribution in [0.4, 0.5) is 0 Å². The molecule has 3 atom stereocenters. The largest absolute Gasteiger partial charge is 0.480 e. The molecule has 0 radical (unpaired) electrons. The monoisotopic (exact) mass is 382 g/mol. The van der Waals surface area contributed by atoms with Crippen molar-refractivity contribution in [2.24, 2.45) is 5.92 Å². The maximum atomic E-state index is 12.5. The van der Waals surface area contributed by atoms with Crippen molar-refractivity contribution in [2.45, 2.75) is 64.1 Å². The number of aliphatic carboxylic acids is 1. The molecule has 152 valence electrons. The molecule has 0 aromatic rings. The first-order valence-corrected chi connectivity index (χ1v) is 9.63. The van der Waals surface area contributed by atoms with Gasteiger partial charge in [-0.1, -0.05) is 13.8 Å². The van der Waals surface area contributed by atoms with Gasteiger partial charge >= 0.3 is 5.97 Å². The molecule has 0 saturated carbocycles. The van der Waals surface area contributed by atoms with Gasteiger partial charge in [-0.2, -0.15) is 0 Å². The lowest BCUT2D eigenvalue weighted by Crippen LogP contribution is -2.53. The number of carbonyl (C=O) groups is 4. The van der Waals surface area contributed by atoms with Crippen molar-refractivity contribution in [1.82, 2.24) is 20.9 Å². The van der Waals surface area contributed by atoms with E-state index >= 15 is 0 Å². The first-order chi connectivity index (χ1) is 12.8. The summed E-state index contributed by atoms with van der Waals surface area (Å²) in [5, 5.41) is 17.5. The summed E-state index contributed by atoms with van der Waals surface area (Å²) in [6, 6.07) is -1.92. The van der Waals surface area contributed by atoms with Crippen molar-refractivity contribution in [3.05, 3.63) is 0 Å². The van der Waals surface area contributed by atoms with Crippen LogP contribution in [0.25, 0.3) is 0 Å². The number of nitrogens with zero attached hydrogens (tertiary/aromatic N) is 1. The fourth-order valence-electron chi connectivity index (χ4n) is 3.59. The number of carboxylic acids is 1. The Morgan fingerprint density at radius 2 is 1.89 bits per heavy atom. The Hall–Kier alpha value is -2.16. The van der Waals surface area contributed by atoms with E-state index in [0.717, 1.165) is 19.4 Å². The minimum Gasteiger partial charge on any atom is -0.480 e. The van der Waals surface area contributed by atoms with Gasteiger partial charge in [0.15, 0.2) is 0 Å². The van der Waals surface area contributed by atoms with E-state index in [9.17, 15) is 24.3 Å². The number of carboxylic acid groups (broad SMARTS) is 1. The van der Waals surface area contributed by atoms with Crippen LogP contribution in [0.1, 0.15) is 46.0 Å². The van der Waals surface area contributed by atoms with Crippen molar-refractivity contribution in [2.75, 3.05) is 19.6 Å². The van der Waals surface area contributed by atoms with E-state index in [1.165, 1.54) is 4.90 Å². The van der Waals surface area contributed by atoms with Gasteiger partial charge in [-0.05, 0) is 44.6 Å². The summed E-state index contributed by atoms with van der Waals surface area (Å²) in [4.78, 5) is 49.8. The lowest BCUT2D eigenvalue weighted by molar-refractivity contribution is -0.144. The summed E-state index contributed by atoms with van der Waals surface area (Å²) in [6.45, 7) is 4.83. The third-order valence-corrected chi connectivity index (χ3v) is 4.99. The molecular weight excluding hydrogens is 352 g/mol. The third kappa shape index (κ3) is 5.92. The van der Waals surface area contributed by atoms with Gasteiger partial charge in [-0.25, -0.2) is 4.79 Å². The number of hydrogen-bond donors (Lipinski definition) is 4. The molecule has 3 unspecified atom stereocenters. The minimum absolute atomic E-state index is 0.118. The van der Waals surface area contributed by atoms with Gasteiger partial charge < -0.3 is 26.0 Å². The smallest absolute Gasteiger partial charge is 0.326 e. The molecule has 2 aliphatic rings. The standard InChI is InChI=1S/C18H30N4O5/c1-11(2)9-13(18(26)27)21-17(25)14-6-4-8-22(14)15(23)10-20-16(24)12-5-3-7-19-12/h11-14,19H,3-10H2,1-2H3,(H,20,24)(H,21,25)(H,26,27). The van der Waals surface area contributed by atoms with Gasteiger partial charge in [0.1, 0.15) is 12.1 Å². The maximum absolute atomic E-state index is 12.5. The first-order valence-electron chi connectivity index (χ1n) is 9.63. The summed E-state index contributed by atoms with van der Waals surface area (Å²) < 4.78 is 0. The van der Waals surface area contributed by atoms with Gasteiger partial charge in [0.05, 0.1) is 12.6 Å². The summed E-state index contributed by atoms with van der Waals surface area (Å²) in [5.41, 5.74) is 0. The minimum atomic E-state index is -1.08. The number of amides is 3. The van der Waals surface area contributed by atoms with E-state index < -0.39 is 24.0 Å². The van der Waals surface area contributed by atoms with Gasteiger partial charge in [-0.3, -0.25) is 14.4 Å². The van der Waals surface area contributed by atoms with E-state index in [4.69, 9.17) is 0 Å². The third-order valence-electron chi connectivity index (χ3n) is 4.99. The van der Waals surface area contributed by atoms with Crippen LogP contribution in [0.2, 0.25) is 0 Å². The van der Waals surface area contributed by atoms with Crippen molar-refractivity contribution >= 4 is 23.7 Å².